The molecule has 0 unspecified atom stereocenters. The van der Waals surface area contributed by atoms with Gasteiger partial charge in [-0.1, -0.05) is 0 Å². The minimum absolute atomic E-state index is 0.190. The third-order valence-corrected chi connectivity index (χ3v) is 1.34. The zero-order valence-electron chi connectivity index (χ0n) is 3.68. The SMILES string of the molecule is [O][SiH2]CCCO. The van der Waals surface area contributed by atoms with Crippen molar-refractivity contribution in [3.63, 3.8) is 0 Å². The second-order valence-electron chi connectivity index (χ2n) is 1.13. The summed E-state index contributed by atoms with van der Waals surface area (Å²) >= 11 is 0. The predicted molar refractivity (Wildman–Crippen MR) is 25.7 cm³/mol. The van der Waals surface area contributed by atoms with Crippen molar-refractivity contribution in [1.29, 1.82) is 0 Å². The van der Waals surface area contributed by atoms with Gasteiger partial charge in [0.25, 0.3) is 0 Å². The van der Waals surface area contributed by atoms with Crippen LogP contribution in [0, 0.1) is 0 Å². The molecule has 0 spiro atoms. The van der Waals surface area contributed by atoms with Crippen molar-refractivity contribution in [2.45, 2.75) is 12.5 Å². The van der Waals surface area contributed by atoms with Gasteiger partial charge in [-0.3, -0.25) is 0 Å². The van der Waals surface area contributed by atoms with E-state index in [2.05, 4.69) is 0 Å². The van der Waals surface area contributed by atoms with E-state index in [1.807, 2.05) is 0 Å². The Morgan fingerprint density at radius 3 is 2.50 bits per heavy atom. The van der Waals surface area contributed by atoms with Crippen LogP contribution in [0.3, 0.4) is 0 Å². The molecule has 0 amide bonds. The third kappa shape index (κ3) is 4.14. The van der Waals surface area contributed by atoms with Gasteiger partial charge in [0.1, 0.15) is 0 Å². The lowest BCUT2D eigenvalue weighted by Gasteiger charge is -1.83. The molecule has 2 nitrogen and oxygen atoms in total. The van der Waals surface area contributed by atoms with Crippen molar-refractivity contribution in [2.24, 2.45) is 0 Å². The van der Waals surface area contributed by atoms with Crippen LogP contribution in [0.15, 0.2) is 0 Å². The standard InChI is InChI=1S/C3H9O2Si/c4-2-1-3-6-5/h4H,1-3,6H2. The Bertz CT molecular complexity index is 20.8. The topological polar surface area (TPSA) is 40.1 Å². The Hall–Kier alpha value is 0.137. The molecule has 0 aromatic carbocycles. The van der Waals surface area contributed by atoms with Crippen LogP contribution >= 0.6 is 0 Å². The number of aliphatic hydroxyl groups excluding tert-OH is 1. The molecule has 0 aromatic heterocycles. The normalized spacial score (nSPS) is 11.0. The first kappa shape index (κ1) is 6.14. The van der Waals surface area contributed by atoms with Gasteiger partial charge < -0.3 is 9.90 Å². The molecule has 0 aromatic rings. The fourth-order valence-corrected chi connectivity index (χ4v) is 0.642. The maximum absolute atomic E-state index is 9.72. The van der Waals surface area contributed by atoms with E-state index in [-0.39, 0.29) is 6.61 Å². The molecular weight excluding hydrogens is 96.1 g/mol. The minimum Gasteiger partial charge on any atom is -0.396 e. The highest BCUT2D eigenvalue weighted by atomic mass is 28.2. The number of rotatable bonds is 3. The van der Waals surface area contributed by atoms with Gasteiger partial charge in [0, 0.05) is 6.61 Å². The Morgan fingerprint density at radius 2 is 2.33 bits per heavy atom. The molecule has 0 aliphatic heterocycles. The van der Waals surface area contributed by atoms with Gasteiger partial charge in [-0.15, -0.1) is 0 Å². The van der Waals surface area contributed by atoms with Gasteiger partial charge >= 0.3 is 0 Å². The zero-order valence-corrected chi connectivity index (χ0v) is 5.10. The summed E-state index contributed by atoms with van der Waals surface area (Å²) in [5, 5.41) is 8.08. The molecule has 0 bridgehead atoms. The summed E-state index contributed by atoms with van der Waals surface area (Å²) in [7, 11) is -1.01. The largest absolute Gasteiger partial charge is 0.396 e. The molecule has 0 heterocycles. The van der Waals surface area contributed by atoms with Crippen LogP contribution in [0.25, 0.3) is 0 Å². The quantitative estimate of drug-likeness (QED) is 0.374. The fraction of sp³-hybridized carbons (Fsp3) is 1.00. The van der Waals surface area contributed by atoms with E-state index in [9.17, 15) is 4.80 Å². The average Bonchev–Trinajstić information content (AvgIpc) is 1.61. The summed E-state index contributed by atoms with van der Waals surface area (Å²) in [5.41, 5.74) is 0. The summed E-state index contributed by atoms with van der Waals surface area (Å²) in [4.78, 5) is 9.72. The van der Waals surface area contributed by atoms with Crippen molar-refractivity contribution in [2.75, 3.05) is 6.61 Å². The minimum atomic E-state index is -1.01. The molecule has 37 valence electrons. The highest BCUT2D eigenvalue weighted by Crippen LogP contribution is 1.81. The van der Waals surface area contributed by atoms with Crippen LogP contribution in [-0.2, 0) is 4.80 Å². The van der Waals surface area contributed by atoms with E-state index in [0.29, 0.717) is 0 Å². The summed E-state index contributed by atoms with van der Waals surface area (Å²) in [6, 6.07) is 0.747. The Morgan fingerprint density at radius 1 is 1.67 bits per heavy atom. The van der Waals surface area contributed by atoms with Crippen LogP contribution in [0.5, 0.6) is 0 Å². The molecular formula is C3H9O2Si. The van der Waals surface area contributed by atoms with Gasteiger partial charge in [0.05, 0.1) is 0 Å². The van der Waals surface area contributed by atoms with Gasteiger partial charge in [0.2, 0.25) is 9.76 Å². The van der Waals surface area contributed by atoms with Crippen LogP contribution in [-0.4, -0.2) is 21.5 Å². The monoisotopic (exact) mass is 105 g/mol. The molecule has 0 saturated carbocycles. The fourth-order valence-electron chi connectivity index (χ4n) is 0.214. The lowest BCUT2D eigenvalue weighted by molar-refractivity contribution is 0.292. The first-order chi connectivity index (χ1) is 2.91. The van der Waals surface area contributed by atoms with Crippen LogP contribution in [0.4, 0.5) is 0 Å². The van der Waals surface area contributed by atoms with Crippen molar-refractivity contribution in [3.05, 3.63) is 0 Å². The molecule has 1 N–H and O–H groups in total. The van der Waals surface area contributed by atoms with Crippen LogP contribution in [0.1, 0.15) is 6.42 Å². The summed E-state index contributed by atoms with van der Waals surface area (Å²) < 4.78 is 0. The lowest BCUT2D eigenvalue weighted by atomic mass is 10.5. The van der Waals surface area contributed by atoms with Crippen LogP contribution < -0.4 is 0 Å². The second kappa shape index (κ2) is 5.14. The van der Waals surface area contributed by atoms with Gasteiger partial charge in [0.15, 0.2) is 0 Å². The maximum Gasteiger partial charge on any atom is 0.207 e. The van der Waals surface area contributed by atoms with Crippen molar-refractivity contribution >= 4 is 9.76 Å². The molecule has 6 heavy (non-hydrogen) atoms. The van der Waals surface area contributed by atoms with E-state index in [1.165, 1.54) is 0 Å². The van der Waals surface area contributed by atoms with Gasteiger partial charge in [-0.2, -0.15) is 0 Å². The van der Waals surface area contributed by atoms with Crippen molar-refractivity contribution in [1.82, 2.24) is 0 Å². The number of hydrogen-bond acceptors (Lipinski definition) is 1. The number of hydrogen-bond donors (Lipinski definition) is 1. The molecule has 0 rings (SSSR count). The van der Waals surface area contributed by atoms with Gasteiger partial charge in [-0.05, 0) is 12.5 Å². The van der Waals surface area contributed by atoms with E-state index in [0.717, 1.165) is 12.5 Å². The highest BCUT2D eigenvalue weighted by molar-refractivity contribution is 6.24. The molecule has 3 heteroatoms. The van der Waals surface area contributed by atoms with Gasteiger partial charge in [-0.25, -0.2) is 0 Å². The van der Waals surface area contributed by atoms with Crippen molar-refractivity contribution < 1.29 is 9.90 Å². The highest BCUT2D eigenvalue weighted by Gasteiger charge is 1.80. The van der Waals surface area contributed by atoms with Crippen molar-refractivity contribution in [3.8, 4) is 0 Å². The maximum atomic E-state index is 9.72. The summed E-state index contributed by atoms with van der Waals surface area (Å²) in [6.45, 7) is 0.190. The molecule has 0 atom stereocenters. The zero-order chi connectivity index (χ0) is 4.83. The second-order valence-corrected chi connectivity index (χ2v) is 2.25. The summed E-state index contributed by atoms with van der Waals surface area (Å²) in [5.74, 6) is 0. The smallest absolute Gasteiger partial charge is 0.207 e. The lowest BCUT2D eigenvalue weighted by Crippen LogP contribution is -1.86. The Balaban J connectivity index is 2.34. The molecule has 0 saturated heterocycles. The van der Waals surface area contributed by atoms with Crippen LogP contribution in [0.2, 0.25) is 6.04 Å². The van der Waals surface area contributed by atoms with E-state index < -0.39 is 9.76 Å². The molecule has 0 aliphatic carbocycles. The summed E-state index contributed by atoms with van der Waals surface area (Å²) in [6.07, 6.45) is 0.718. The Kier molecular flexibility index (Phi) is 5.25. The molecule has 1 radical (unpaired) electrons. The van der Waals surface area contributed by atoms with E-state index >= 15 is 0 Å². The third-order valence-electron chi connectivity index (χ3n) is 0.552. The first-order valence-electron chi connectivity index (χ1n) is 2.10. The number of aliphatic hydroxyl groups is 1. The molecule has 0 aliphatic rings. The van der Waals surface area contributed by atoms with E-state index in [4.69, 9.17) is 5.11 Å². The van der Waals surface area contributed by atoms with E-state index in [1.54, 1.807) is 0 Å². The molecule has 0 fully saturated rings. The average molecular weight is 105 g/mol. The first-order valence-corrected chi connectivity index (χ1v) is 3.68. The predicted octanol–water partition coefficient (Wildman–Crippen LogP) is -0.699. The Labute approximate surface area is 39.8 Å².